The van der Waals surface area contributed by atoms with Crippen molar-refractivity contribution in [2.45, 2.75) is 24.3 Å². The summed E-state index contributed by atoms with van der Waals surface area (Å²) in [6.45, 7) is 0. The van der Waals surface area contributed by atoms with Crippen molar-refractivity contribution in [1.29, 1.82) is 0 Å². The van der Waals surface area contributed by atoms with Crippen LogP contribution in [0.3, 0.4) is 0 Å². The average molecular weight is 265 g/mol. The maximum absolute atomic E-state index is 6.37. The normalized spacial score (nSPS) is 24.9. The van der Waals surface area contributed by atoms with Gasteiger partial charge in [0.25, 0.3) is 0 Å². The molecule has 20 heavy (non-hydrogen) atoms. The maximum Gasteiger partial charge on any atom is 0.118 e. The summed E-state index contributed by atoms with van der Waals surface area (Å²) in [7, 11) is 0. The molecule has 0 radical (unpaired) electrons. The topological polar surface area (TPSA) is 54.7 Å². The standard InChI is InChI=1S/C17H19N3/c18-15-8-4-5-10-17(15,16-19-12-13-20-16)11-9-14-6-2-1-3-7-14/h1-8,10,12-13,15H,9,11,18H2,(H,19,20). The Morgan fingerprint density at radius 3 is 2.75 bits per heavy atom. The number of rotatable bonds is 4. The molecule has 1 heterocycles. The first-order chi connectivity index (χ1) is 9.81. The Morgan fingerprint density at radius 1 is 1.20 bits per heavy atom. The molecule has 102 valence electrons. The lowest BCUT2D eigenvalue weighted by Crippen LogP contribution is -2.45. The number of hydrogen-bond donors (Lipinski definition) is 2. The first-order valence-electron chi connectivity index (χ1n) is 6.97. The van der Waals surface area contributed by atoms with Crippen molar-refractivity contribution in [3.63, 3.8) is 0 Å². The molecular weight excluding hydrogens is 246 g/mol. The van der Waals surface area contributed by atoms with Crippen molar-refractivity contribution in [1.82, 2.24) is 9.97 Å². The van der Waals surface area contributed by atoms with Crippen LogP contribution in [0, 0.1) is 0 Å². The fourth-order valence-electron chi connectivity index (χ4n) is 2.81. The van der Waals surface area contributed by atoms with Gasteiger partial charge in [0.1, 0.15) is 5.82 Å². The maximum atomic E-state index is 6.37. The largest absolute Gasteiger partial charge is 0.348 e. The van der Waals surface area contributed by atoms with Crippen LogP contribution in [0.1, 0.15) is 17.8 Å². The molecule has 0 bridgehead atoms. The van der Waals surface area contributed by atoms with Crippen LogP contribution >= 0.6 is 0 Å². The number of aryl methyl sites for hydroxylation is 1. The highest BCUT2D eigenvalue weighted by Crippen LogP contribution is 2.34. The van der Waals surface area contributed by atoms with Gasteiger partial charge in [-0.25, -0.2) is 4.98 Å². The fraction of sp³-hybridized carbons (Fsp3) is 0.235. The fourth-order valence-corrected chi connectivity index (χ4v) is 2.81. The van der Waals surface area contributed by atoms with Gasteiger partial charge in [-0.05, 0) is 18.4 Å². The molecule has 1 aromatic heterocycles. The highest BCUT2D eigenvalue weighted by atomic mass is 14.9. The van der Waals surface area contributed by atoms with E-state index >= 15 is 0 Å². The van der Waals surface area contributed by atoms with E-state index in [0.29, 0.717) is 0 Å². The number of aromatic nitrogens is 2. The van der Waals surface area contributed by atoms with E-state index in [1.807, 2.05) is 24.4 Å². The minimum Gasteiger partial charge on any atom is -0.348 e. The molecule has 0 aliphatic heterocycles. The van der Waals surface area contributed by atoms with Gasteiger partial charge in [0, 0.05) is 18.4 Å². The SMILES string of the molecule is NC1C=CC=CC1(CCc1ccccc1)c1ncc[nH]1. The third-order valence-electron chi connectivity index (χ3n) is 4.03. The molecule has 1 aliphatic rings. The summed E-state index contributed by atoms with van der Waals surface area (Å²) in [5, 5.41) is 0. The van der Waals surface area contributed by atoms with Crippen LogP contribution in [0.4, 0.5) is 0 Å². The number of nitrogens with one attached hydrogen (secondary N) is 1. The number of benzene rings is 1. The zero-order valence-electron chi connectivity index (χ0n) is 11.4. The zero-order chi connectivity index (χ0) is 13.8. The quantitative estimate of drug-likeness (QED) is 0.893. The summed E-state index contributed by atoms with van der Waals surface area (Å²) in [6.07, 6.45) is 13.9. The molecule has 0 fully saturated rings. The first-order valence-corrected chi connectivity index (χ1v) is 6.97. The average Bonchev–Trinajstić information content (AvgIpc) is 3.03. The number of hydrogen-bond acceptors (Lipinski definition) is 2. The zero-order valence-corrected chi connectivity index (χ0v) is 11.4. The van der Waals surface area contributed by atoms with Crippen molar-refractivity contribution in [3.8, 4) is 0 Å². The number of nitrogens with two attached hydrogens (primary N) is 1. The molecule has 2 atom stereocenters. The smallest absolute Gasteiger partial charge is 0.118 e. The Bertz CT molecular complexity index is 598. The Balaban J connectivity index is 1.87. The Morgan fingerprint density at radius 2 is 2.05 bits per heavy atom. The van der Waals surface area contributed by atoms with Crippen LogP contribution in [0.25, 0.3) is 0 Å². The monoisotopic (exact) mass is 265 g/mol. The molecule has 0 saturated carbocycles. The molecular formula is C17H19N3. The Labute approximate surface area is 119 Å². The van der Waals surface area contributed by atoms with E-state index in [4.69, 9.17) is 5.73 Å². The second-order valence-corrected chi connectivity index (χ2v) is 5.23. The first kappa shape index (κ1) is 12.9. The van der Waals surface area contributed by atoms with Crippen molar-refractivity contribution < 1.29 is 0 Å². The number of allylic oxidation sites excluding steroid dienone is 2. The van der Waals surface area contributed by atoms with Gasteiger partial charge >= 0.3 is 0 Å². The molecule has 0 spiro atoms. The summed E-state index contributed by atoms with van der Waals surface area (Å²) >= 11 is 0. The third-order valence-corrected chi connectivity index (χ3v) is 4.03. The van der Waals surface area contributed by atoms with Crippen molar-refractivity contribution in [3.05, 3.63) is 78.4 Å². The minimum absolute atomic E-state index is 0.0534. The summed E-state index contributed by atoms with van der Waals surface area (Å²) in [6, 6.07) is 10.5. The lowest BCUT2D eigenvalue weighted by atomic mass is 9.73. The minimum atomic E-state index is -0.242. The van der Waals surface area contributed by atoms with Crippen molar-refractivity contribution in [2.75, 3.05) is 0 Å². The lowest BCUT2D eigenvalue weighted by Gasteiger charge is -2.35. The van der Waals surface area contributed by atoms with Crippen LogP contribution < -0.4 is 5.73 Å². The second-order valence-electron chi connectivity index (χ2n) is 5.23. The van der Waals surface area contributed by atoms with Crippen LogP contribution in [-0.2, 0) is 11.8 Å². The number of imidazole rings is 1. The van der Waals surface area contributed by atoms with Gasteiger partial charge in [-0.1, -0.05) is 54.6 Å². The molecule has 1 aliphatic carbocycles. The van der Waals surface area contributed by atoms with Gasteiger partial charge in [-0.15, -0.1) is 0 Å². The van der Waals surface area contributed by atoms with Crippen LogP contribution in [0.15, 0.2) is 67.0 Å². The van der Waals surface area contributed by atoms with Gasteiger partial charge in [0.15, 0.2) is 0 Å². The van der Waals surface area contributed by atoms with E-state index in [9.17, 15) is 0 Å². The van der Waals surface area contributed by atoms with E-state index in [-0.39, 0.29) is 11.5 Å². The van der Waals surface area contributed by atoms with Crippen molar-refractivity contribution >= 4 is 0 Å². The van der Waals surface area contributed by atoms with Gasteiger partial charge in [0.2, 0.25) is 0 Å². The Hall–Kier alpha value is -2.13. The van der Waals surface area contributed by atoms with E-state index in [1.165, 1.54) is 5.56 Å². The van der Waals surface area contributed by atoms with Gasteiger partial charge in [0.05, 0.1) is 5.41 Å². The molecule has 2 unspecified atom stereocenters. The lowest BCUT2D eigenvalue weighted by molar-refractivity contribution is 0.416. The molecule has 3 heteroatoms. The highest BCUT2D eigenvalue weighted by molar-refractivity contribution is 5.33. The summed E-state index contributed by atoms with van der Waals surface area (Å²) < 4.78 is 0. The summed E-state index contributed by atoms with van der Waals surface area (Å²) in [4.78, 5) is 7.69. The molecule has 3 nitrogen and oxygen atoms in total. The van der Waals surface area contributed by atoms with E-state index in [0.717, 1.165) is 18.7 Å². The predicted octanol–water partition coefficient (Wildman–Crippen LogP) is 2.73. The number of aromatic amines is 1. The molecule has 2 aromatic rings. The van der Waals surface area contributed by atoms with Gasteiger partial charge in [-0.3, -0.25) is 0 Å². The Kier molecular flexibility index (Phi) is 3.52. The molecule has 0 amide bonds. The third kappa shape index (κ3) is 2.32. The molecule has 3 rings (SSSR count). The summed E-state index contributed by atoms with van der Waals surface area (Å²) in [5.74, 6) is 0.946. The van der Waals surface area contributed by atoms with E-state index in [2.05, 4.69) is 46.4 Å². The highest BCUT2D eigenvalue weighted by Gasteiger charge is 2.37. The van der Waals surface area contributed by atoms with E-state index < -0.39 is 0 Å². The van der Waals surface area contributed by atoms with Gasteiger partial charge < -0.3 is 10.7 Å². The van der Waals surface area contributed by atoms with E-state index in [1.54, 1.807) is 6.20 Å². The predicted molar refractivity (Wildman–Crippen MR) is 81.3 cm³/mol. The van der Waals surface area contributed by atoms with Crippen LogP contribution in [0.5, 0.6) is 0 Å². The molecule has 1 aromatic carbocycles. The number of nitrogens with zero attached hydrogens (tertiary/aromatic N) is 1. The summed E-state index contributed by atoms with van der Waals surface area (Å²) in [5.41, 5.74) is 7.46. The molecule has 0 saturated heterocycles. The van der Waals surface area contributed by atoms with Gasteiger partial charge in [-0.2, -0.15) is 0 Å². The van der Waals surface area contributed by atoms with Crippen LogP contribution in [0.2, 0.25) is 0 Å². The number of H-pyrrole nitrogens is 1. The van der Waals surface area contributed by atoms with Crippen molar-refractivity contribution in [2.24, 2.45) is 5.73 Å². The molecule has 3 N–H and O–H groups in total. The second kappa shape index (κ2) is 5.47. The van der Waals surface area contributed by atoms with Crippen LogP contribution in [-0.4, -0.2) is 16.0 Å².